The Morgan fingerprint density at radius 2 is 1.77 bits per heavy atom. The Bertz CT molecular complexity index is 1190. The molecule has 0 unspecified atom stereocenters. The fourth-order valence-electron chi connectivity index (χ4n) is 3.14. The fraction of sp³-hybridized carbons (Fsp3) is 0.0909. The number of carbonyl (C=O) groups is 1. The number of methoxy groups -OCH3 is 2. The van der Waals surface area contributed by atoms with Gasteiger partial charge in [-0.15, -0.1) is 0 Å². The maximum absolute atomic E-state index is 13.8. The van der Waals surface area contributed by atoms with Crippen LogP contribution in [0.2, 0.25) is 0 Å². The zero-order valence-electron chi connectivity index (χ0n) is 16.4. The molecule has 0 bridgehead atoms. The van der Waals surface area contributed by atoms with Crippen molar-refractivity contribution in [1.82, 2.24) is 14.3 Å². The van der Waals surface area contributed by atoms with Crippen LogP contribution in [0.4, 0.5) is 10.1 Å². The Morgan fingerprint density at radius 3 is 2.47 bits per heavy atom. The number of rotatable bonds is 6. The number of nitrogens with zero attached hydrogens (tertiary/aromatic N) is 3. The second kappa shape index (κ2) is 8.12. The van der Waals surface area contributed by atoms with Crippen LogP contribution in [0.15, 0.2) is 73.2 Å². The molecule has 4 rings (SSSR count). The number of aromatic nitrogens is 3. The van der Waals surface area contributed by atoms with Crippen molar-refractivity contribution in [3.8, 4) is 23.0 Å². The summed E-state index contributed by atoms with van der Waals surface area (Å²) in [4.78, 5) is 13.1. The van der Waals surface area contributed by atoms with Crippen molar-refractivity contribution in [1.29, 1.82) is 0 Å². The van der Waals surface area contributed by atoms with Crippen LogP contribution in [-0.4, -0.2) is 34.5 Å². The van der Waals surface area contributed by atoms with Crippen LogP contribution in [0.1, 0.15) is 10.4 Å². The third-order valence-corrected chi connectivity index (χ3v) is 4.53. The molecule has 8 heteroatoms. The number of ether oxygens (including phenoxy) is 2. The topological polar surface area (TPSA) is 70.3 Å². The van der Waals surface area contributed by atoms with Gasteiger partial charge in [-0.2, -0.15) is 5.10 Å². The lowest BCUT2D eigenvalue weighted by Gasteiger charge is -2.12. The molecule has 2 heterocycles. The minimum Gasteiger partial charge on any atom is -0.493 e. The first-order valence-corrected chi connectivity index (χ1v) is 9.11. The Hall–Kier alpha value is -4.07. The number of benzene rings is 2. The maximum Gasteiger partial charge on any atom is 0.261 e. The predicted molar refractivity (Wildman–Crippen MR) is 110 cm³/mol. The zero-order chi connectivity index (χ0) is 21.1. The molecule has 0 radical (unpaired) electrons. The molecule has 4 aromatic rings. The fourth-order valence-corrected chi connectivity index (χ4v) is 3.14. The predicted octanol–water partition coefficient (Wildman–Crippen LogP) is 4.07. The van der Waals surface area contributed by atoms with Gasteiger partial charge < -0.3 is 19.4 Å². The van der Waals surface area contributed by atoms with Gasteiger partial charge in [0.25, 0.3) is 5.91 Å². The van der Waals surface area contributed by atoms with Crippen LogP contribution in [0.3, 0.4) is 0 Å². The molecule has 0 aliphatic carbocycles. The summed E-state index contributed by atoms with van der Waals surface area (Å²) in [5.74, 6) is 0.786. The number of hydrogen-bond acceptors (Lipinski definition) is 4. The van der Waals surface area contributed by atoms with Crippen molar-refractivity contribution in [2.24, 2.45) is 0 Å². The second-order valence-electron chi connectivity index (χ2n) is 6.39. The average Bonchev–Trinajstić information content (AvgIpc) is 3.43. The molecule has 0 spiro atoms. The average molecular weight is 406 g/mol. The van der Waals surface area contributed by atoms with Crippen LogP contribution < -0.4 is 14.8 Å². The van der Waals surface area contributed by atoms with Crippen molar-refractivity contribution in [3.05, 3.63) is 84.6 Å². The minimum absolute atomic E-state index is 0.324. The van der Waals surface area contributed by atoms with Crippen LogP contribution >= 0.6 is 0 Å². The smallest absolute Gasteiger partial charge is 0.261 e. The molecule has 7 nitrogen and oxygen atoms in total. The molecule has 0 atom stereocenters. The molecule has 2 aromatic carbocycles. The van der Waals surface area contributed by atoms with Gasteiger partial charge in [-0.3, -0.25) is 4.79 Å². The lowest BCUT2D eigenvalue weighted by Crippen LogP contribution is -2.15. The van der Waals surface area contributed by atoms with Crippen LogP contribution in [0, 0.1) is 5.82 Å². The van der Waals surface area contributed by atoms with Gasteiger partial charge in [0.2, 0.25) is 0 Å². The van der Waals surface area contributed by atoms with E-state index in [-0.39, 0.29) is 5.91 Å². The number of carbonyl (C=O) groups excluding carboxylic acids is 1. The largest absolute Gasteiger partial charge is 0.493 e. The van der Waals surface area contributed by atoms with E-state index in [1.807, 2.05) is 12.1 Å². The van der Waals surface area contributed by atoms with Crippen LogP contribution in [-0.2, 0) is 0 Å². The standard InChI is InChI=1S/C22H19FN4O3/c1-29-19-9-8-16(13-20(19)30-2)25-21(28)18-14-24-27(17-7-5-6-15(23)12-17)22(18)26-10-3-4-11-26/h3-14H,1-2H3,(H,25,28). The summed E-state index contributed by atoms with van der Waals surface area (Å²) in [6, 6.07) is 14.8. The third-order valence-electron chi connectivity index (χ3n) is 4.53. The molecule has 152 valence electrons. The summed E-state index contributed by atoms with van der Waals surface area (Å²) in [6.07, 6.45) is 5.04. The Kier molecular flexibility index (Phi) is 5.21. The summed E-state index contributed by atoms with van der Waals surface area (Å²) in [5, 5.41) is 7.18. The first kappa shape index (κ1) is 19.3. The van der Waals surface area contributed by atoms with Gasteiger partial charge in [0, 0.05) is 24.1 Å². The highest BCUT2D eigenvalue weighted by molar-refractivity contribution is 6.06. The first-order chi connectivity index (χ1) is 14.6. The molecule has 2 aromatic heterocycles. The van der Waals surface area contributed by atoms with E-state index in [0.717, 1.165) is 0 Å². The number of hydrogen-bond donors (Lipinski definition) is 1. The Labute approximate surface area is 172 Å². The highest BCUT2D eigenvalue weighted by atomic mass is 19.1. The van der Waals surface area contributed by atoms with Crippen molar-refractivity contribution in [3.63, 3.8) is 0 Å². The van der Waals surface area contributed by atoms with E-state index < -0.39 is 5.82 Å². The summed E-state index contributed by atoms with van der Waals surface area (Å²) in [7, 11) is 3.07. The molecular formula is C22H19FN4O3. The third kappa shape index (κ3) is 3.62. The zero-order valence-corrected chi connectivity index (χ0v) is 16.4. The molecule has 1 N–H and O–H groups in total. The van der Waals surface area contributed by atoms with Crippen LogP contribution in [0.25, 0.3) is 11.5 Å². The maximum atomic E-state index is 13.8. The molecular weight excluding hydrogens is 387 g/mol. The van der Waals surface area contributed by atoms with E-state index in [9.17, 15) is 9.18 Å². The minimum atomic E-state index is -0.391. The molecule has 0 aliphatic rings. The Morgan fingerprint density at radius 1 is 1.00 bits per heavy atom. The number of anilines is 1. The van der Waals surface area contributed by atoms with E-state index in [4.69, 9.17) is 9.47 Å². The molecule has 30 heavy (non-hydrogen) atoms. The van der Waals surface area contributed by atoms with E-state index in [2.05, 4.69) is 10.4 Å². The number of halogens is 1. The van der Waals surface area contributed by atoms with Gasteiger partial charge in [0.05, 0.1) is 26.1 Å². The molecule has 0 saturated heterocycles. The van der Waals surface area contributed by atoms with E-state index in [0.29, 0.717) is 34.3 Å². The highest BCUT2D eigenvalue weighted by Gasteiger charge is 2.20. The number of nitrogens with one attached hydrogen (secondary N) is 1. The van der Waals surface area contributed by atoms with Gasteiger partial charge in [-0.05, 0) is 42.5 Å². The van der Waals surface area contributed by atoms with E-state index in [1.54, 1.807) is 54.4 Å². The molecule has 0 saturated carbocycles. The summed E-state index contributed by atoms with van der Waals surface area (Å²) >= 11 is 0. The molecule has 0 fully saturated rings. The normalized spacial score (nSPS) is 10.6. The van der Waals surface area contributed by atoms with Crippen molar-refractivity contribution < 1.29 is 18.7 Å². The summed E-state index contributed by atoms with van der Waals surface area (Å²) in [6.45, 7) is 0. The van der Waals surface area contributed by atoms with Gasteiger partial charge in [0.15, 0.2) is 17.3 Å². The van der Waals surface area contributed by atoms with Gasteiger partial charge in [0.1, 0.15) is 11.4 Å². The van der Waals surface area contributed by atoms with Crippen molar-refractivity contribution in [2.45, 2.75) is 0 Å². The summed E-state index contributed by atoms with van der Waals surface area (Å²) < 4.78 is 27.5. The van der Waals surface area contributed by atoms with Gasteiger partial charge in [-0.1, -0.05) is 6.07 Å². The SMILES string of the molecule is COc1ccc(NC(=O)c2cnn(-c3cccc(F)c3)c2-n2cccc2)cc1OC. The van der Waals surface area contributed by atoms with Crippen molar-refractivity contribution >= 4 is 11.6 Å². The molecule has 1 amide bonds. The summed E-state index contributed by atoms with van der Waals surface area (Å²) in [5.41, 5.74) is 1.36. The first-order valence-electron chi connectivity index (χ1n) is 9.11. The quantitative estimate of drug-likeness (QED) is 0.524. The van der Waals surface area contributed by atoms with Gasteiger partial charge in [-0.25, -0.2) is 9.07 Å². The second-order valence-corrected chi connectivity index (χ2v) is 6.39. The van der Waals surface area contributed by atoms with Crippen LogP contribution in [0.5, 0.6) is 11.5 Å². The Balaban J connectivity index is 1.73. The monoisotopic (exact) mass is 406 g/mol. The number of amides is 1. The highest BCUT2D eigenvalue weighted by Crippen LogP contribution is 2.30. The lowest BCUT2D eigenvalue weighted by molar-refractivity contribution is 0.102. The van der Waals surface area contributed by atoms with E-state index in [1.165, 1.54) is 30.1 Å². The van der Waals surface area contributed by atoms with E-state index >= 15 is 0 Å². The molecule has 0 aliphatic heterocycles. The van der Waals surface area contributed by atoms with Crippen molar-refractivity contribution in [2.75, 3.05) is 19.5 Å². The lowest BCUT2D eigenvalue weighted by atomic mass is 10.2. The van der Waals surface area contributed by atoms with Gasteiger partial charge >= 0.3 is 0 Å².